The van der Waals surface area contributed by atoms with Crippen LogP contribution in [0.4, 0.5) is 0 Å². The van der Waals surface area contributed by atoms with Gasteiger partial charge in [-0.3, -0.25) is 0 Å². The molecule has 0 aromatic carbocycles. The minimum atomic E-state index is -0.508. The number of halogens is 1. The van der Waals surface area contributed by atoms with Gasteiger partial charge in [-0.2, -0.15) is 0 Å². The monoisotopic (exact) mass is 343 g/mol. The predicted molar refractivity (Wildman–Crippen MR) is 72.4 cm³/mol. The van der Waals surface area contributed by atoms with Crippen molar-refractivity contribution in [1.29, 1.82) is 0 Å². The number of hydrogen-bond acceptors (Lipinski definition) is 6. The molecule has 0 saturated heterocycles. The van der Waals surface area contributed by atoms with Crippen molar-refractivity contribution in [3.8, 4) is 0 Å². The quantitative estimate of drug-likeness (QED) is 0.587. The number of esters is 1. The first-order chi connectivity index (χ1) is 9.61. The van der Waals surface area contributed by atoms with Crippen molar-refractivity contribution < 1.29 is 18.7 Å². The Kier molecular flexibility index (Phi) is 4.91. The van der Waals surface area contributed by atoms with Gasteiger partial charge in [-0.1, -0.05) is 5.21 Å². The van der Waals surface area contributed by atoms with Gasteiger partial charge in [0.1, 0.15) is 18.9 Å². The second-order valence-electron chi connectivity index (χ2n) is 4.02. The molecule has 2 aromatic rings. The van der Waals surface area contributed by atoms with Crippen LogP contribution in [-0.2, 0) is 16.0 Å². The fourth-order valence-corrected chi connectivity index (χ4v) is 1.91. The van der Waals surface area contributed by atoms with E-state index in [-0.39, 0.29) is 12.3 Å². The van der Waals surface area contributed by atoms with Gasteiger partial charge in [0.15, 0.2) is 10.4 Å². The molecule has 0 saturated carbocycles. The molecule has 2 heterocycles. The predicted octanol–water partition coefficient (Wildman–Crippen LogP) is 1.79. The van der Waals surface area contributed by atoms with Crippen LogP contribution in [0.2, 0.25) is 0 Å². The Morgan fingerprint density at radius 1 is 1.45 bits per heavy atom. The zero-order valence-corrected chi connectivity index (χ0v) is 12.7. The van der Waals surface area contributed by atoms with E-state index < -0.39 is 5.97 Å². The van der Waals surface area contributed by atoms with Crippen molar-refractivity contribution in [2.45, 2.75) is 13.5 Å². The normalized spacial score (nSPS) is 10.8. The summed E-state index contributed by atoms with van der Waals surface area (Å²) < 4.78 is 17.4. The first-order valence-electron chi connectivity index (χ1n) is 5.92. The molecule has 0 spiro atoms. The Morgan fingerprint density at radius 2 is 2.25 bits per heavy atom. The van der Waals surface area contributed by atoms with Gasteiger partial charge in [0, 0.05) is 7.11 Å². The molecule has 0 bridgehead atoms. The first-order valence-corrected chi connectivity index (χ1v) is 6.71. The number of furan rings is 1. The number of ether oxygens (including phenoxy) is 2. The summed E-state index contributed by atoms with van der Waals surface area (Å²) in [6.45, 7) is 2.69. The third kappa shape index (κ3) is 3.45. The Labute approximate surface area is 124 Å². The standard InChI is InChI=1S/C12H14BrN3O4/c1-8-11(12(17)19-6-5-18-2)14-15-16(8)7-9-3-4-10(13)20-9/h3-4H,5-7H2,1-2H3. The number of nitrogens with zero attached hydrogens (tertiary/aromatic N) is 3. The van der Waals surface area contributed by atoms with Crippen LogP contribution in [0.1, 0.15) is 21.9 Å². The van der Waals surface area contributed by atoms with E-state index in [0.717, 1.165) is 0 Å². The summed E-state index contributed by atoms with van der Waals surface area (Å²) in [6.07, 6.45) is 0. The van der Waals surface area contributed by atoms with Crippen LogP contribution in [0.25, 0.3) is 0 Å². The molecule has 108 valence electrons. The molecule has 0 aliphatic carbocycles. The zero-order chi connectivity index (χ0) is 14.5. The average molecular weight is 344 g/mol. The number of aromatic nitrogens is 3. The van der Waals surface area contributed by atoms with Crippen LogP contribution in [0.5, 0.6) is 0 Å². The van der Waals surface area contributed by atoms with E-state index in [2.05, 4.69) is 26.2 Å². The highest BCUT2D eigenvalue weighted by molar-refractivity contribution is 9.10. The molecule has 0 unspecified atom stereocenters. The number of carbonyl (C=O) groups is 1. The average Bonchev–Trinajstić information content (AvgIpc) is 2.98. The minimum absolute atomic E-state index is 0.187. The lowest BCUT2D eigenvalue weighted by molar-refractivity contribution is 0.0380. The van der Waals surface area contributed by atoms with Crippen LogP contribution >= 0.6 is 15.9 Å². The SMILES string of the molecule is COCCOC(=O)c1nnn(Cc2ccc(Br)o2)c1C. The van der Waals surface area contributed by atoms with Crippen LogP contribution in [0.15, 0.2) is 21.2 Å². The molecule has 0 aliphatic heterocycles. The largest absolute Gasteiger partial charge is 0.458 e. The van der Waals surface area contributed by atoms with Crippen molar-refractivity contribution in [2.75, 3.05) is 20.3 Å². The lowest BCUT2D eigenvalue weighted by Crippen LogP contribution is -2.12. The van der Waals surface area contributed by atoms with Crippen molar-refractivity contribution in [1.82, 2.24) is 15.0 Å². The summed E-state index contributed by atoms with van der Waals surface area (Å²) in [7, 11) is 1.54. The summed E-state index contributed by atoms with van der Waals surface area (Å²) in [5.41, 5.74) is 0.826. The molecular weight excluding hydrogens is 330 g/mol. The maximum Gasteiger partial charge on any atom is 0.360 e. The van der Waals surface area contributed by atoms with Crippen molar-refractivity contribution >= 4 is 21.9 Å². The molecule has 20 heavy (non-hydrogen) atoms. The third-order valence-electron chi connectivity index (χ3n) is 2.63. The Hall–Kier alpha value is -1.67. The summed E-state index contributed by atoms with van der Waals surface area (Å²) in [4.78, 5) is 11.8. The molecule has 2 aromatic heterocycles. The third-order valence-corrected chi connectivity index (χ3v) is 3.06. The Balaban J connectivity index is 2.04. The topological polar surface area (TPSA) is 79.4 Å². The van der Waals surface area contributed by atoms with Crippen LogP contribution in [0.3, 0.4) is 0 Å². The van der Waals surface area contributed by atoms with Gasteiger partial charge in [0.05, 0.1) is 12.3 Å². The Morgan fingerprint density at radius 3 is 2.90 bits per heavy atom. The van der Waals surface area contributed by atoms with Gasteiger partial charge >= 0.3 is 5.97 Å². The van der Waals surface area contributed by atoms with E-state index in [1.807, 2.05) is 6.07 Å². The minimum Gasteiger partial charge on any atom is -0.458 e. The summed E-state index contributed by atoms with van der Waals surface area (Å²) in [5, 5.41) is 7.77. The molecule has 2 rings (SSSR count). The molecule has 0 N–H and O–H groups in total. The highest BCUT2D eigenvalue weighted by Gasteiger charge is 2.18. The molecule has 8 heteroatoms. The van der Waals surface area contributed by atoms with Crippen LogP contribution in [-0.4, -0.2) is 41.3 Å². The van der Waals surface area contributed by atoms with Gasteiger partial charge in [-0.25, -0.2) is 9.48 Å². The maximum absolute atomic E-state index is 11.8. The second-order valence-corrected chi connectivity index (χ2v) is 4.80. The van der Waals surface area contributed by atoms with E-state index in [0.29, 0.717) is 29.3 Å². The lowest BCUT2D eigenvalue weighted by Gasteiger charge is -2.03. The fraction of sp³-hybridized carbons (Fsp3) is 0.417. The first kappa shape index (κ1) is 14.7. The summed E-state index contributed by atoms with van der Waals surface area (Å²) >= 11 is 3.23. The number of hydrogen-bond donors (Lipinski definition) is 0. The lowest BCUT2D eigenvalue weighted by atomic mass is 10.3. The highest BCUT2D eigenvalue weighted by Crippen LogP contribution is 2.16. The van der Waals surface area contributed by atoms with Crippen molar-refractivity contribution in [3.05, 3.63) is 34.0 Å². The van der Waals surface area contributed by atoms with E-state index in [1.54, 1.807) is 17.7 Å². The molecule has 0 amide bonds. The van der Waals surface area contributed by atoms with E-state index >= 15 is 0 Å². The summed E-state index contributed by atoms with van der Waals surface area (Å²) in [6, 6.07) is 3.61. The van der Waals surface area contributed by atoms with Crippen molar-refractivity contribution in [3.63, 3.8) is 0 Å². The van der Waals surface area contributed by atoms with Gasteiger partial charge in [-0.05, 0) is 35.0 Å². The molecule has 0 fully saturated rings. The van der Waals surface area contributed by atoms with Gasteiger partial charge in [-0.15, -0.1) is 5.10 Å². The van der Waals surface area contributed by atoms with E-state index in [1.165, 1.54) is 7.11 Å². The zero-order valence-electron chi connectivity index (χ0n) is 11.1. The van der Waals surface area contributed by atoms with Gasteiger partial charge < -0.3 is 13.9 Å². The fourth-order valence-electron chi connectivity index (χ4n) is 1.57. The molecule has 7 nitrogen and oxygen atoms in total. The van der Waals surface area contributed by atoms with Crippen molar-refractivity contribution in [2.24, 2.45) is 0 Å². The van der Waals surface area contributed by atoms with E-state index in [4.69, 9.17) is 13.9 Å². The van der Waals surface area contributed by atoms with E-state index in [9.17, 15) is 4.79 Å². The number of methoxy groups -OCH3 is 1. The van der Waals surface area contributed by atoms with Crippen LogP contribution in [0, 0.1) is 6.92 Å². The highest BCUT2D eigenvalue weighted by atomic mass is 79.9. The molecule has 0 atom stereocenters. The molecular formula is C12H14BrN3O4. The Bertz CT molecular complexity index is 593. The van der Waals surface area contributed by atoms with Gasteiger partial charge in [0.25, 0.3) is 0 Å². The second kappa shape index (κ2) is 6.67. The maximum atomic E-state index is 11.8. The van der Waals surface area contributed by atoms with Gasteiger partial charge in [0.2, 0.25) is 0 Å². The number of rotatable bonds is 6. The molecule has 0 aliphatic rings. The number of carbonyl (C=O) groups excluding carboxylic acids is 1. The molecule has 0 radical (unpaired) electrons. The smallest absolute Gasteiger partial charge is 0.360 e. The summed E-state index contributed by atoms with van der Waals surface area (Å²) in [5.74, 6) is 0.204. The van der Waals surface area contributed by atoms with Crippen LogP contribution < -0.4 is 0 Å².